The van der Waals surface area contributed by atoms with Gasteiger partial charge in [-0.2, -0.15) is 0 Å². The van der Waals surface area contributed by atoms with Crippen LogP contribution in [0.4, 0.5) is 0 Å². The lowest BCUT2D eigenvalue weighted by Gasteiger charge is -2.18. The van der Waals surface area contributed by atoms with Crippen LogP contribution < -0.4 is 4.74 Å². The minimum absolute atomic E-state index is 0.109. The zero-order valence-corrected chi connectivity index (χ0v) is 11.1. The molecule has 88 valence electrons. The average Bonchev–Trinajstić information content (AvgIpc) is 2.40. The Morgan fingerprint density at radius 3 is 2.06 bits per heavy atom. The van der Waals surface area contributed by atoms with Crippen molar-refractivity contribution in [1.29, 1.82) is 0 Å². The van der Waals surface area contributed by atoms with Gasteiger partial charge in [-0.15, -0.1) is 0 Å². The highest BCUT2D eigenvalue weighted by molar-refractivity contribution is 9.09. The van der Waals surface area contributed by atoms with Crippen LogP contribution in [0.2, 0.25) is 0 Å². The minimum atomic E-state index is 0.109. The molecular formula is C15H15BrO. The predicted octanol–water partition coefficient (Wildman–Crippen LogP) is 4.59. The summed E-state index contributed by atoms with van der Waals surface area (Å²) in [5.41, 5.74) is 1.22. The van der Waals surface area contributed by atoms with E-state index in [0.717, 1.165) is 17.5 Å². The van der Waals surface area contributed by atoms with Crippen LogP contribution >= 0.6 is 15.9 Å². The summed E-state index contributed by atoms with van der Waals surface area (Å²) in [5, 5.41) is 0.930. The molecule has 0 N–H and O–H groups in total. The fourth-order valence-electron chi connectivity index (χ4n) is 1.72. The van der Waals surface area contributed by atoms with Crippen LogP contribution in [0.1, 0.15) is 18.1 Å². The zero-order chi connectivity index (χ0) is 11.9. The van der Waals surface area contributed by atoms with E-state index in [-0.39, 0.29) is 6.10 Å². The first-order valence-electron chi connectivity index (χ1n) is 5.73. The topological polar surface area (TPSA) is 9.23 Å². The number of halogens is 1. The van der Waals surface area contributed by atoms with Gasteiger partial charge in [0.2, 0.25) is 0 Å². The van der Waals surface area contributed by atoms with Gasteiger partial charge in [0, 0.05) is 5.33 Å². The number of hydrogen-bond donors (Lipinski definition) is 0. The lowest BCUT2D eigenvalue weighted by atomic mass is 10.1. The Morgan fingerprint density at radius 1 is 0.882 bits per heavy atom. The summed E-state index contributed by atoms with van der Waals surface area (Å²) < 4.78 is 6.01. The van der Waals surface area contributed by atoms with Crippen molar-refractivity contribution in [2.24, 2.45) is 0 Å². The summed E-state index contributed by atoms with van der Waals surface area (Å²) in [6.07, 6.45) is 1.07. The standard InChI is InChI=1S/C15H15BrO/c16-12-11-15(13-7-3-1-4-8-13)17-14-9-5-2-6-10-14/h1-10,15H,11-12H2. The molecule has 0 radical (unpaired) electrons. The Labute approximate surface area is 111 Å². The molecule has 1 atom stereocenters. The van der Waals surface area contributed by atoms with Gasteiger partial charge < -0.3 is 4.74 Å². The summed E-state index contributed by atoms with van der Waals surface area (Å²) in [7, 11) is 0. The van der Waals surface area contributed by atoms with E-state index in [1.165, 1.54) is 5.56 Å². The van der Waals surface area contributed by atoms with Gasteiger partial charge >= 0.3 is 0 Å². The molecule has 0 aromatic heterocycles. The molecule has 0 saturated heterocycles. The molecular weight excluding hydrogens is 276 g/mol. The van der Waals surface area contributed by atoms with Gasteiger partial charge in [-0.25, -0.2) is 0 Å². The molecule has 0 aliphatic rings. The van der Waals surface area contributed by atoms with Crippen molar-refractivity contribution in [2.75, 3.05) is 5.33 Å². The van der Waals surface area contributed by atoms with Crippen molar-refractivity contribution in [2.45, 2.75) is 12.5 Å². The van der Waals surface area contributed by atoms with Gasteiger partial charge in [0.05, 0.1) is 0 Å². The van der Waals surface area contributed by atoms with Crippen molar-refractivity contribution in [3.63, 3.8) is 0 Å². The highest BCUT2D eigenvalue weighted by Gasteiger charge is 2.11. The lowest BCUT2D eigenvalue weighted by Crippen LogP contribution is -2.08. The van der Waals surface area contributed by atoms with E-state index in [9.17, 15) is 0 Å². The van der Waals surface area contributed by atoms with Gasteiger partial charge in [0.25, 0.3) is 0 Å². The zero-order valence-electron chi connectivity index (χ0n) is 9.55. The number of benzene rings is 2. The van der Waals surface area contributed by atoms with Gasteiger partial charge in [-0.05, 0) is 24.1 Å². The maximum absolute atomic E-state index is 6.01. The highest BCUT2D eigenvalue weighted by atomic mass is 79.9. The Hall–Kier alpha value is -1.28. The molecule has 1 nitrogen and oxygen atoms in total. The van der Waals surface area contributed by atoms with Crippen LogP contribution in [-0.4, -0.2) is 5.33 Å². The SMILES string of the molecule is BrCCC(Oc1ccccc1)c1ccccc1. The summed E-state index contributed by atoms with van der Waals surface area (Å²) in [6, 6.07) is 20.3. The Kier molecular flexibility index (Phi) is 4.63. The quantitative estimate of drug-likeness (QED) is 0.732. The van der Waals surface area contributed by atoms with Crippen LogP contribution in [0, 0.1) is 0 Å². The molecule has 0 spiro atoms. The first-order valence-corrected chi connectivity index (χ1v) is 6.85. The second-order valence-electron chi connectivity index (χ2n) is 3.81. The summed E-state index contributed by atoms with van der Waals surface area (Å²) >= 11 is 3.48. The van der Waals surface area contributed by atoms with Crippen LogP contribution in [0.15, 0.2) is 60.7 Å². The van der Waals surface area contributed by atoms with Crippen molar-refractivity contribution in [3.05, 3.63) is 66.2 Å². The van der Waals surface area contributed by atoms with E-state index in [2.05, 4.69) is 28.1 Å². The van der Waals surface area contributed by atoms with E-state index in [1.807, 2.05) is 48.5 Å². The first-order chi connectivity index (χ1) is 8.40. The number of ether oxygens (including phenoxy) is 1. The molecule has 0 aliphatic heterocycles. The third kappa shape index (κ3) is 3.60. The predicted molar refractivity (Wildman–Crippen MR) is 74.7 cm³/mol. The molecule has 0 bridgehead atoms. The molecule has 0 heterocycles. The smallest absolute Gasteiger partial charge is 0.125 e. The fourth-order valence-corrected chi connectivity index (χ4v) is 2.14. The van der Waals surface area contributed by atoms with Crippen LogP contribution in [0.5, 0.6) is 5.75 Å². The third-order valence-electron chi connectivity index (χ3n) is 2.56. The monoisotopic (exact) mass is 290 g/mol. The van der Waals surface area contributed by atoms with Gasteiger partial charge in [-0.3, -0.25) is 0 Å². The first kappa shape index (κ1) is 12.2. The lowest BCUT2D eigenvalue weighted by molar-refractivity contribution is 0.203. The molecule has 2 rings (SSSR count). The van der Waals surface area contributed by atoms with Crippen LogP contribution in [-0.2, 0) is 0 Å². The average molecular weight is 291 g/mol. The van der Waals surface area contributed by atoms with Crippen LogP contribution in [0.25, 0.3) is 0 Å². The van der Waals surface area contributed by atoms with E-state index >= 15 is 0 Å². The second kappa shape index (κ2) is 6.45. The second-order valence-corrected chi connectivity index (χ2v) is 4.60. The molecule has 2 aromatic rings. The Morgan fingerprint density at radius 2 is 1.47 bits per heavy atom. The molecule has 1 unspecified atom stereocenters. The minimum Gasteiger partial charge on any atom is -0.486 e. The number of para-hydroxylation sites is 1. The summed E-state index contributed by atoms with van der Waals surface area (Å²) in [5.74, 6) is 0.919. The van der Waals surface area contributed by atoms with E-state index in [0.29, 0.717) is 0 Å². The maximum atomic E-state index is 6.01. The third-order valence-corrected chi connectivity index (χ3v) is 3.02. The summed E-state index contributed by atoms with van der Waals surface area (Å²) in [6.45, 7) is 0. The van der Waals surface area contributed by atoms with Gasteiger partial charge in [0.15, 0.2) is 0 Å². The molecule has 0 fully saturated rings. The fraction of sp³-hybridized carbons (Fsp3) is 0.200. The number of rotatable bonds is 5. The molecule has 2 aromatic carbocycles. The molecule has 2 heteroatoms. The van der Waals surface area contributed by atoms with E-state index < -0.39 is 0 Å². The van der Waals surface area contributed by atoms with Crippen molar-refractivity contribution >= 4 is 15.9 Å². The van der Waals surface area contributed by atoms with E-state index in [1.54, 1.807) is 0 Å². The Balaban J connectivity index is 2.13. The largest absolute Gasteiger partial charge is 0.486 e. The van der Waals surface area contributed by atoms with Crippen molar-refractivity contribution in [1.82, 2.24) is 0 Å². The van der Waals surface area contributed by atoms with Gasteiger partial charge in [-0.1, -0.05) is 64.5 Å². The Bertz CT molecular complexity index is 427. The molecule has 17 heavy (non-hydrogen) atoms. The van der Waals surface area contributed by atoms with E-state index in [4.69, 9.17) is 4.74 Å². The van der Waals surface area contributed by atoms with Crippen molar-refractivity contribution < 1.29 is 4.74 Å². The van der Waals surface area contributed by atoms with Gasteiger partial charge in [0.1, 0.15) is 11.9 Å². The molecule has 0 amide bonds. The molecule has 0 aliphatic carbocycles. The number of hydrogen-bond acceptors (Lipinski definition) is 1. The molecule has 0 saturated carbocycles. The summed E-state index contributed by atoms with van der Waals surface area (Å²) in [4.78, 5) is 0. The normalized spacial score (nSPS) is 12.1. The maximum Gasteiger partial charge on any atom is 0.125 e. The highest BCUT2D eigenvalue weighted by Crippen LogP contribution is 2.24. The number of alkyl halides is 1. The van der Waals surface area contributed by atoms with Crippen LogP contribution in [0.3, 0.4) is 0 Å². The van der Waals surface area contributed by atoms with Crippen molar-refractivity contribution in [3.8, 4) is 5.75 Å².